The second kappa shape index (κ2) is 8.11. The number of hydrogen-bond acceptors (Lipinski definition) is 2. The second-order valence-electron chi connectivity index (χ2n) is 5.71. The number of aromatic nitrogens is 1. The van der Waals surface area contributed by atoms with Gasteiger partial charge in [-0.3, -0.25) is 4.79 Å². The second-order valence-corrected chi connectivity index (χ2v) is 5.71. The van der Waals surface area contributed by atoms with Crippen LogP contribution in [0.1, 0.15) is 11.1 Å². The van der Waals surface area contributed by atoms with E-state index in [1.807, 2.05) is 71.4 Å². The van der Waals surface area contributed by atoms with Gasteiger partial charge in [-0.05, 0) is 35.4 Å². The highest BCUT2D eigenvalue weighted by Crippen LogP contribution is 2.13. The molecule has 2 aromatic carbocycles. The largest absolute Gasteiger partial charge is 0.497 e. The van der Waals surface area contributed by atoms with Gasteiger partial charge in [0.15, 0.2) is 0 Å². The lowest BCUT2D eigenvalue weighted by Crippen LogP contribution is -2.22. The summed E-state index contributed by atoms with van der Waals surface area (Å²) in [4.78, 5) is 16.7. The number of ether oxygens (including phenoxy) is 1. The van der Waals surface area contributed by atoms with Crippen LogP contribution in [0.25, 0.3) is 0 Å². The van der Waals surface area contributed by atoms with Gasteiger partial charge in [-0.1, -0.05) is 48.5 Å². The first-order chi connectivity index (χ1) is 12.2. The fourth-order valence-electron chi connectivity index (χ4n) is 2.61. The lowest BCUT2D eigenvalue weighted by molar-refractivity contribution is -0.117. The molecule has 1 aromatic heterocycles. The fourth-order valence-corrected chi connectivity index (χ4v) is 2.61. The molecule has 4 heteroatoms. The van der Waals surface area contributed by atoms with E-state index < -0.39 is 0 Å². The van der Waals surface area contributed by atoms with E-state index in [1.165, 1.54) is 0 Å². The summed E-state index contributed by atoms with van der Waals surface area (Å²) in [6.45, 7) is 0.674. The lowest BCUT2D eigenvalue weighted by atomic mass is 10.1. The van der Waals surface area contributed by atoms with E-state index in [0.717, 1.165) is 16.9 Å². The third-order valence-corrected chi connectivity index (χ3v) is 3.84. The molecule has 3 rings (SSSR count). The number of carbonyl (C=O) groups is 1. The first-order valence-corrected chi connectivity index (χ1v) is 8.14. The highest BCUT2D eigenvalue weighted by atomic mass is 16.5. The number of methoxy groups -OCH3 is 1. The molecule has 0 unspecified atom stereocenters. The molecule has 0 saturated heterocycles. The van der Waals surface area contributed by atoms with E-state index in [1.54, 1.807) is 7.11 Å². The van der Waals surface area contributed by atoms with Gasteiger partial charge in [-0.25, -0.2) is 0 Å². The molecule has 0 fully saturated rings. The Balaban J connectivity index is 1.81. The summed E-state index contributed by atoms with van der Waals surface area (Å²) >= 11 is 0. The van der Waals surface area contributed by atoms with Crippen molar-refractivity contribution < 1.29 is 9.53 Å². The van der Waals surface area contributed by atoms with Crippen LogP contribution < -0.4 is 10.2 Å². The molecular formula is C21H20N2O2. The summed E-state index contributed by atoms with van der Waals surface area (Å²) in [5.41, 5.74) is 2.70. The summed E-state index contributed by atoms with van der Waals surface area (Å²) in [5.74, 6) is 0.561. The van der Waals surface area contributed by atoms with Crippen molar-refractivity contribution in [2.75, 3.05) is 7.11 Å². The number of hydrogen-bond donors (Lipinski definition) is 0. The third-order valence-electron chi connectivity index (χ3n) is 3.84. The van der Waals surface area contributed by atoms with Gasteiger partial charge in [0.2, 0.25) is 0 Å². The Kier molecular flexibility index (Phi) is 5.42. The normalized spacial score (nSPS) is 11.3. The van der Waals surface area contributed by atoms with Gasteiger partial charge >= 0.3 is 0 Å². The molecule has 4 nitrogen and oxygen atoms in total. The van der Waals surface area contributed by atoms with Crippen LogP contribution in [0, 0.1) is 0 Å². The summed E-state index contributed by atoms with van der Waals surface area (Å²) in [6, 6.07) is 23.3. The van der Waals surface area contributed by atoms with E-state index >= 15 is 0 Å². The predicted octanol–water partition coefficient (Wildman–Crippen LogP) is 3.22. The monoisotopic (exact) mass is 332 g/mol. The van der Waals surface area contributed by atoms with Crippen LogP contribution in [-0.2, 0) is 17.8 Å². The molecule has 0 atom stereocenters. The van der Waals surface area contributed by atoms with Crippen molar-refractivity contribution in [3.8, 4) is 5.75 Å². The fraction of sp³-hybridized carbons (Fsp3) is 0.143. The van der Waals surface area contributed by atoms with Crippen molar-refractivity contribution in [2.24, 2.45) is 4.99 Å². The summed E-state index contributed by atoms with van der Waals surface area (Å²) in [7, 11) is 1.61. The van der Waals surface area contributed by atoms with Crippen molar-refractivity contribution in [3.63, 3.8) is 0 Å². The van der Waals surface area contributed by atoms with E-state index in [-0.39, 0.29) is 12.3 Å². The number of carbonyl (C=O) groups excluding carboxylic acids is 1. The van der Waals surface area contributed by atoms with E-state index in [2.05, 4.69) is 17.1 Å². The molecule has 0 aliphatic heterocycles. The highest BCUT2D eigenvalue weighted by Gasteiger charge is 2.04. The van der Waals surface area contributed by atoms with Crippen LogP contribution in [0.3, 0.4) is 0 Å². The van der Waals surface area contributed by atoms with Gasteiger partial charge in [0, 0.05) is 12.7 Å². The topological polar surface area (TPSA) is 43.6 Å². The minimum Gasteiger partial charge on any atom is -0.497 e. The number of rotatable bonds is 5. The van der Waals surface area contributed by atoms with E-state index in [9.17, 15) is 4.79 Å². The van der Waals surface area contributed by atoms with E-state index in [0.29, 0.717) is 12.0 Å². The van der Waals surface area contributed by atoms with Crippen molar-refractivity contribution >= 4 is 5.91 Å². The Morgan fingerprint density at radius 3 is 2.52 bits per heavy atom. The Bertz CT molecular complexity index is 914. The number of pyridine rings is 1. The Morgan fingerprint density at radius 2 is 1.72 bits per heavy atom. The minimum atomic E-state index is -0.179. The number of amides is 1. The average molecular weight is 332 g/mol. The van der Waals surface area contributed by atoms with Crippen molar-refractivity contribution in [1.29, 1.82) is 0 Å². The molecule has 0 N–H and O–H groups in total. The van der Waals surface area contributed by atoms with Crippen LogP contribution in [0.5, 0.6) is 5.75 Å². The zero-order valence-electron chi connectivity index (χ0n) is 14.1. The lowest BCUT2D eigenvalue weighted by Gasteiger charge is -2.07. The molecule has 25 heavy (non-hydrogen) atoms. The molecule has 0 aliphatic rings. The number of nitrogens with zero attached hydrogens (tertiary/aromatic N) is 2. The summed E-state index contributed by atoms with van der Waals surface area (Å²) < 4.78 is 7.17. The zero-order valence-corrected chi connectivity index (χ0v) is 14.1. The maximum Gasteiger partial charge on any atom is 0.252 e. The molecule has 0 aliphatic carbocycles. The molecule has 0 radical (unpaired) electrons. The molecule has 0 saturated carbocycles. The maximum absolute atomic E-state index is 12.4. The Labute approximate surface area is 147 Å². The van der Waals surface area contributed by atoms with Gasteiger partial charge in [0.1, 0.15) is 11.2 Å². The molecule has 0 bridgehead atoms. The standard InChI is InChI=1S/C21H20N2O2/c1-25-19-11-7-10-18(14-19)15-21(24)22-20-12-5-6-13-23(20)16-17-8-3-2-4-9-17/h2-14H,15-16H2,1H3. The predicted molar refractivity (Wildman–Crippen MR) is 97.2 cm³/mol. The quantitative estimate of drug-likeness (QED) is 0.720. The van der Waals surface area contributed by atoms with Gasteiger partial charge in [0.05, 0.1) is 13.5 Å². The Morgan fingerprint density at radius 1 is 0.960 bits per heavy atom. The molecule has 0 spiro atoms. The third kappa shape index (κ3) is 4.67. The van der Waals surface area contributed by atoms with Crippen molar-refractivity contribution in [1.82, 2.24) is 4.57 Å². The van der Waals surface area contributed by atoms with Gasteiger partial charge in [-0.2, -0.15) is 4.99 Å². The smallest absolute Gasteiger partial charge is 0.252 e. The molecule has 1 heterocycles. The van der Waals surface area contributed by atoms with Crippen LogP contribution in [-0.4, -0.2) is 17.6 Å². The highest BCUT2D eigenvalue weighted by molar-refractivity contribution is 5.79. The SMILES string of the molecule is COc1cccc(CC(=O)N=c2ccccn2Cc2ccccc2)c1. The van der Waals surface area contributed by atoms with Crippen LogP contribution >= 0.6 is 0 Å². The zero-order chi connectivity index (χ0) is 17.5. The molecular weight excluding hydrogens is 312 g/mol. The Hall–Kier alpha value is -3.14. The first kappa shape index (κ1) is 16.7. The molecule has 3 aromatic rings. The average Bonchev–Trinajstić information content (AvgIpc) is 2.64. The number of benzene rings is 2. The van der Waals surface area contributed by atoms with Crippen LogP contribution in [0.15, 0.2) is 84.0 Å². The first-order valence-electron chi connectivity index (χ1n) is 8.14. The van der Waals surface area contributed by atoms with Crippen LogP contribution in [0.2, 0.25) is 0 Å². The van der Waals surface area contributed by atoms with Crippen LogP contribution in [0.4, 0.5) is 0 Å². The minimum absolute atomic E-state index is 0.179. The van der Waals surface area contributed by atoms with Crippen molar-refractivity contribution in [3.05, 3.63) is 95.6 Å². The van der Waals surface area contributed by atoms with Gasteiger partial charge in [-0.15, -0.1) is 0 Å². The van der Waals surface area contributed by atoms with Gasteiger partial charge in [0.25, 0.3) is 5.91 Å². The molecule has 1 amide bonds. The van der Waals surface area contributed by atoms with E-state index in [4.69, 9.17) is 4.74 Å². The summed E-state index contributed by atoms with van der Waals surface area (Å²) in [5, 5.41) is 0. The summed E-state index contributed by atoms with van der Waals surface area (Å²) in [6.07, 6.45) is 2.18. The maximum atomic E-state index is 12.4. The van der Waals surface area contributed by atoms with Crippen molar-refractivity contribution in [2.45, 2.75) is 13.0 Å². The molecule has 126 valence electrons. The van der Waals surface area contributed by atoms with Gasteiger partial charge < -0.3 is 9.30 Å².